The van der Waals surface area contributed by atoms with Crippen LogP contribution in [-0.4, -0.2) is 59.3 Å². The molecule has 6 nitrogen and oxygen atoms in total. The Bertz CT molecular complexity index is 360. The van der Waals surface area contributed by atoms with E-state index in [1.54, 1.807) is 0 Å². The summed E-state index contributed by atoms with van der Waals surface area (Å²) in [4.78, 5) is 2.40. The molecule has 2 rings (SSSR count). The highest BCUT2D eigenvalue weighted by molar-refractivity contribution is 4.91. The van der Waals surface area contributed by atoms with Gasteiger partial charge in [-0.2, -0.15) is 0 Å². The molecule has 0 saturated carbocycles. The molecular formula is C13H25N5O. The Morgan fingerprint density at radius 3 is 2.84 bits per heavy atom. The molecule has 0 spiro atoms. The van der Waals surface area contributed by atoms with Gasteiger partial charge in [-0.1, -0.05) is 19.1 Å². The molecule has 1 fully saturated rings. The highest BCUT2D eigenvalue weighted by Gasteiger charge is 2.10. The molecule has 0 radical (unpaired) electrons. The van der Waals surface area contributed by atoms with Crippen molar-refractivity contribution < 1.29 is 4.74 Å². The first-order valence-corrected chi connectivity index (χ1v) is 7.14. The van der Waals surface area contributed by atoms with Crippen molar-refractivity contribution in [2.24, 2.45) is 5.92 Å². The zero-order chi connectivity index (χ0) is 13.5. The van der Waals surface area contributed by atoms with Gasteiger partial charge in [-0.15, -0.1) is 5.10 Å². The van der Waals surface area contributed by atoms with E-state index in [-0.39, 0.29) is 0 Å². The monoisotopic (exact) mass is 267 g/mol. The summed E-state index contributed by atoms with van der Waals surface area (Å²) in [7, 11) is 0. The van der Waals surface area contributed by atoms with Gasteiger partial charge in [0, 0.05) is 32.4 Å². The third-order valence-electron chi connectivity index (χ3n) is 3.19. The molecule has 0 unspecified atom stereocenters. The molecule has 1 aromatic rings. The van der Waals surface area contributed by atoms with Gasteiger partial charge in [-0.3, -0.25) is 9.58 Å². The van der Waals surface area contributed by atoms with E-state index < -0.39 is 0 Å². The lowest BCUT2D eigenvalue weighted by atomic mass is 10.2. The van der Waals surface area contributed by atoms with Crippen LogP contribution in [0.15, 0.2) is 6.20 Å². The van der Waals surface area contributed by atoms with Crippen molar-refractivity contribution in [3.63, 3.8) is 0 Å². The molecule has 1 aromatic heterocycles. The Labute approximate surface area is 115 Å². The van der Waals surface area contributed by atoms with Crippen LogP contribution < -0.4 is 5.32 Å². The summed E-state index contributed by atoms with van der Waals surface area (Å²) in [6.45, 7) is 11.9. The first kappa shape index (κ1) is 14.4. The highest BCUT2D eigenvalue weighted by atomic mass is 16.5. The van der Waals surface area contributed by atoms with Crippen LogP contribution in [0.5, 0.6) is 0 Å². The smallest absolute Gasteiger partial charge is 0.0964 e. The molecule has 108 valence electrons. The van der Waals surface area contributed by atoms with Gasteiger partial charge in [0.25, 0.3) is 0 Å². The van der Waals surface area contributed by atoms with Crippen LogP contribution in [0.25, 0.3) is 0 Å². The minimum absolute atomic E-state index is 0.663. The lowest BCUT2D eigenvalue weighted by Crippen LogP contribution is -2.38. The maximum Gasteiger partial charge on any atom is 0.0964 e. The van der Waals surface area contributed by atoms with E-state index in [4.69, 9.17) is 4.74 Å². The van der Waals surface area contributed by atoms with E-state index in [1.807, 2.05) is 10.9 Å². The first-order valence-electron chi connectivity index (χ1n) is 7.14. The Morgan fingerprint density at radius 2 is 2.11 bits per heavy atom. The van der Waals surface area contributed by atoms with Gasteiger partial charge in [0.2, 0.25) is 0 Å². The second-order valence-electron chi connectivity index (χ2n) is 5.45. The maximum atomic E-state index is 5.33. The molecule has 1 saturated heterocycles. The second kappa shape index (κ2) is 7.57. The van der Waals surface area contributed by atoms with Crippen LogP contribution in [0.3, 0.4) is 0 Å². The van der Waals surface area contributed by atoms with Crippen LogP contribution in [0.4, 0.5) is 0 Å². The zero-order valence-electron chi connectivity index (χ0n) is 12.0. The highest BCUT2D eigenvalue weighted by Crippen LogP contribution is 1.99. The number of nitrogens with zero attached hydrogens (tertiary/aromatic N) is 4. The zero-order valence-corrected chi connectivity index (χ0v) is 12.0. The quantitative estimate of drug-likeness (QED) is 0.773. The van der Waals surface area contributed by atoms with Crippen LogP contribution >= 0.6 is 0 Å². The number of aromatic nitrogens is 3. The summed E-state index contributed by atoms with van der Waals surface area (Å²) in [6.07, 6.45) is 2.04. The Morgan fingerprint density at radius 1 is 1.32 bits per heavy atom. The van der Waals surface area contributed by atoms with Gasteiger partial charge < -0.3 is 10.1 Å². The molecular weight excluding hydrogens is 242 g/mol. The van der Waals surface area contributed by atoms with Gasteiger partial charge in [0.05, 0.1) is 25.5 Å². The molecule has 0 atom stereocenters. The van der Waals surface area contributed by atoms with Crippen molar-refractivity contribution in [3.05, 3.63) is 11.9 Å². The lowest BCUT2D eigenvalue weighted by Gasteiger charge is -2.26. The van der Waals surface area contributed by atoms with Gasteiger partial charge in [0.1, 0.15) is 0 Å². The molecule has 19 heavy (non-hydrogen) atoms. The van der Waals surface area contributed by atoms with E-state index in [9.17, 15) is 0 Å². The standard InChI is InChI=1S/C13H25N5O/c1-12(2)9-14-10-13-11-18(16-15-13)4-3-17-5-7-19-8-6-17/h11-12,14H,3-10H2,1-2H3. The van der Waals surface area contributed by atoms with Gasteiger partial charge in [-0.05, 0) is 12.5 Å². The summed E-state index contributed by atoms with van der Waals surface area (Å²) in [5.74, 6) is 0.663. The first-order chi connectivity index (χ1) is 9.24. The number of hydrogen-bond donors (Lipinski definition) is 1. The molecule has 2 heterocycles. The summed E-state index contributed by atoms with van der Waals surface area (Å²) < 4.78 is 7.27. The van der Waals surface area contributed by atoms with Crippen molar-refractivity contribution in [1.82, 2.24) is 25.2 Å². The lowest BCUT2D eigenvalue weighted by molar-refractivity contribution is 0.0359. The largest absolute Gasteiger partial charge is 0.379 e. The minimum Gasteiger partial charge on any atom is -0.379 e. The average molecular weight is 267 g/mol. The number of rotatable bonds is 7. The molecule has 1 aliphatic rings. The molecule has 1 aliphatic heterocycles. The fraction of sp³-hybridized carbons (Fsp3) is 0.846. The number of nitrogens with one attached hydrogen (secondary N) is 1. The molecule has 0 aromatic carbocycles. The summed E-state index contributed by atoms with van der Waals surface area (Å²) in [5.41, 5.74) is 1.02. The van der Waals surface area contributed by atoms with Crippen molar-refractivity contribution in [1.29, 1.82) is 0 Å². The van der Waals surface area contributed by atoms with Gasteiger partial charge in [-0.25, -0.2) is 0 Å². The third kappa shape index (κ3) is 5.26. The fourth-order valence-corrected chi connectivity index (χ4v) is 2.09. The average Bonchev–Trinajstić information content (AvgIpc) is 2.85. The maximum absolute atomic E-state index is 5.33. The Balaban J connectivity index is 1.68. The Hall–Kier alpha value is -0.980. The predicted octanol–water partition coefficient (Wildman–Crippen LogP) is 0.356. The fourth-order valence-electron chi connectivity index (χ4n) is 2.09. The van der Waals surface area contributed by atoms with Crippen LogP contribution in [-0.2, 0) is 17.8 Å². The number of morpholine rings is 1. The van der Waals surface area contributed by atoms with E-state index in [0.29, 0.717) is 5.92 Å². The van der Waals surface area contributed by atoms with E-state index in [0.717, 1.165) is 58.2 Å². The number of hydrogen-bond acceptors (Lipinski definition) is 5. The molecule has 0 amide bonds. The molecule has 6 heteroatoms. The predicted molar refractivity (Wildman–Crippen MR) is 73.8 cm³/mol. The summed E-state index contributed by atoms with van der Waals surface area (Å²) in [6, 6.07) is 0. The topological polar surface area (TPSA) is 55.2 Å². The van der Waals surface area contributed by atoms with Crippen LogP contribution in [0.1, 0.15) is 19.5 Å². The van der Waals surface area contributed by atoms with Crippen LogP contribution in [0, 0.1) is 5.92 Å². The summed E-state index contributed by atoms with van der Waals surface area (Å²) in [5, 5.41) is 11.7. The molecule has 0 bridgehead atoms. The van der Waals surface area contributed by atoms with Crippen LogP contribution in [0.2, 0.25) is 0 Å². The van der Waals surface area contributed by atoms with Crippen molar-refractivity contribution >= 4 is 0 Å². The van der Waals surface area contributed by atoms with E-state index in [2.05, 4.69) is 34.4 Å². The van der Waals surface area contributed by atoms with Gasteiger partial charge >= 0.3 is 0 Å². The SMILES string of the molecule is CC(C)CNCc1cn(CCN2CCOCC2)nn1. The van der Waals surface area contributed by atoms with Crippen molar-refractivity contribution in [3.8, 4) is 0 Å². The van der Waals surface area contributed by atoms with Crippen molar-refractivity contribution in [2.45, 2.75) is 26.9 Å². The van der Waals surface area contributed by atoms with Crippen molar-refractivity contribution in [2.75, 3.05) is 39.4 Å². The summed E-state index contributed by atoms with van der Waals surface area (Å²) >= 11 is 0. The van der Waals surface area contributed by atoms with E-state index in [1.165, 1.54) is 0 Å². The third-order valence-corrected chi connectivity index (χ3v) is 3.19. The van der Waals surface area contributed by atoms with Gasteiger partial charge in [0.15, 0.2) is 0 Å². The second-order valence-corrected chi connectivity index (χ2v) is 5.45. The molecule has 0 aliphatic carbocycles. The minimum atomic E-state index is 0.663. The van der Waals surface area contributed by atoms with E-state index >= 15 is 0 Å². The number of ether oxygens (including phenoxy) is 1. The normalized spacial score (nSPS) is 17.2. The molecule has 1 N–H and O–H groups in total. The Kier molecular flexibility index (Phi) is 5.75.